The number of hydrogen-bond acceptors (Lipinski definition) is 15. The van der Waals surface area contributed by atoms with Crippen molar-refractivity contribution in [3.8, 4) is 0 Å². The number of anilines is 3. The number of aromatic nitrogens is 6. The third kappa shape index (κ3) is 13.4. The van der Waals surface area contributed by atoms with E-state index in [1.54, 1.807) is 24.4 Å². The van der Waals surface area contributed by atoms with Crippen molar-refractivity contribution in [1.82, 2.24) is 46.1 Å². The first-order valence-electron chi connectivity index (χ1n) is 27.2. The fourth-order valence-corrected chi connectivity index (χ4v) is 10.3. The number of carbonyl (C=O) groups excluding carboxylic acids is 9. The first kappa shape index (κ1) is 55.1. The fraction of sp³-hybridized carbons (Fsp3) is 0.350. The molecule has 3 aliphatic carbocycles. The van der Waals surface area contributed by atoms with E-state index in [2.05, 4.69) is 46.1 Å². The quantitative estimate of drug-likeness (QED) is 0.110. The Morgan fingerprint density at radius 3 is 1.38 bits per heavy atom. The minimum atomic E-state index is -0.733. The molecule has 3 aromatic heterocycles. The number of nitrogens with zero attached hydrogens (tertiary/aromatic N) is 9. The van der Waals surface area contributed by atoms with Crippen LogP contribution in [0.2, 0.25) is 0 Å². The molecular weight excluding hydrogens is 1030 g/mol. The highest BCUT2D eigenvalue weighted by Gasteiger charge is 2.50. The average Bonchev–Trinajstić information content (AvgIpc) is 4.56. The van der Waals surface area contributed by atoms with Crippen molar-refractivity contribution in [3.05, 3.63) is 163 Å². The summed E-state index contributed by atoms with van der Waals surface area (Å²) in [6.07, 6.45) is 13.6. The Hall–Kier alpha value is -9.27. The molecule has 81 heavy (non-hydrogen) atoms. The molecule has 6 aromatic rings. The number of ketones is 3. The van der Waals surface area contributed by atoms with Gasteiger partial charge in [0.25, 0.3) is 17.7 Å². The second-order valence-electron chi connectivity index (χ2n) is 21.2. The minimum absolute atomic E-state index is 0.0948. The van der Waals surface area contributed by atoms with E-state index in [4.69, 9.17) is 0 Å². The van der Waals surface area contributed by atoms with E-state index in [-0.39, 0.29) is 55.5 Å². The number of hydrogen-bond donors (Lipinski definition) is 3. The van der Waals surface area contributed by atoms with Gasteiger partial charge in [0, 0.05) is 44.0 Å². The molecule has 12 rings (SSSR count). The summed E-state index contributed by atoms with van der Waals surface area (Å²) in [6.45, 7) is 2.26. The Bertz CT molecular complexity index is 3280. The van der Waals surface area contributed by atoms with Gasteiger partial charge in [-0.1, -0.05) is 91.0 Å². The van der Waals surface area contributed by atoms with E-state index in [9.17, 15) is 43.2 Å². The zero-order valence-electron chi connectivity index (χ0n) is 44.5. The van der Waals surface area contributed by atoms with Crippen LogP contribution < -0.4 is 30.7 Å². The Balaban J connectivity index is 0.000000136. The van der Waals surface area contributed by atoms with E-state index >= 15 is 0 Å². The SMILES string of the molecule is Cc1ccc(N2C[C@H](C(=O)C(=O)NC3CC3)[C@@H](Cc3ccccc3)C2=O)nn1.O=C(NC1CC1)C(=O)[C@H]1CN(c2ccncn2)C(=O)[C@@H]1Cc1ccccc1.O=C(NC1CC1)C(=O)[C@H]1CN(c2cncnc2)C(=O)[C@@H]1c1ccccc1. The predicted octanol–water partition coefficient (Wildman–Crippen LogP) is 3.67. The van der Waals surface area contributed by atoms with Crippen LogP contribution in [0.3, 0.4) is 0 Å². The highest BCUT2D eigenvalue weighted by atomic mass is 16.2. The topological polar surface area (TPSA) is 277 Å². The molecule has 0 spiro atoms. The van der Waals surface area contributed by atoms with Gasteiger partial charge in [-0.3, -0.25) is 53.0 Å². The van der Waals surface area contributed by atoms with E-state index < -0.39 is 70.6 Å². The molecule has 3 aliphatic heterocycles. The molecule has 21 heteroatoms. The van der Waals surface area contributed by atoms with Gasteiger partial charge in [0.1, 0.15) is 18.5 Å². The average molecular weight is 1090 g/mol. The molecule has 0 radical (unpaired) electrons. The van der Waals surface area contributed by atoms with Gasteiger partial charge in [-0.15, -0.1) is 5.10 Å². The van der Waals surface area contributed by atoms with Gasteiger partial charge in [0.2, 0.25) is 35.1 Å². The van der Waals surface area contributed by atoms with Crippen molar-refractivity contribution in [2.45, 2.75) is 82.3 Å². The normalized spacial score (nSPS) is 21.9. The fourth-order valence-electron chi connectivity index (χ4n) is 10.3. The maximum Gasteiger partial charge on any atom is 0.287 e. The summed E-state index contributed by atoms with van der Waals surface area (Å²) < 4.78 is 0. The molecule has 3 N–H and O–H groups in total. The Kier molecular flexibility index (Phi) is 16.9. The molecule has 21 nitrogen and oxygen atoms in total. The minimum Gasteiger partial charge on any atom is -0.347 e. The number of amides is 6. The van der Waals surface area contributed by atoms with Crippen LogP contribution in [0.5, 0.6) is 0 Å². The lowest BCUT2D eigenvalue weighted by Crippen LogP contribution is -2.39. The second-order valence-corrected chi connectivity index (χ2v) is 21.2. The maximum absolute atomic E-state index is 13.1. The molecule has 6 fully saturated rings. The lowest BCUT2D eigenvalue weighted by atomic mass is 9.85. The van der Waals surface area contributed by atoms with Crippen LogP contribution in [-0.4, -0.2) is 121 Å². The molecular formula is C60H60N12O9. The molecule has 6 heterocycles. The largest absolute Gasteiger partial charge is 0.347 e. The zero-order valence-corrected chi connectivity index (χ0v) is 44.5. The van der Waals surface area contributed by atoms with Gasteiger partial charge in [-0.2, -0.15) is 5.10 Å². The van der Waals surface area contributed by atoms with E-state index in [0.29, 0.717) is 30.2 Å². The van der Waals surface area contributed by atoms with E-state index in [1.165, 1.54) is 39.7 Å². The smallest absolute Gasteiger partial charge is 0.287 e. The summed E-state index contributed by atoms with van der Waals surface area (Å²) in [7, 11) is 0. The first-order valence-corrected chi connectivity index (χ1v) is 27.2. The molecule has 3 aromatic carbocycles. The van der Waals surface area contributed by atoms with Crippen LogP contribution >= 0.6 is 0 Å². The van der Waals surface area contributed by atoms with Crippen LogP contribution in [0.25, 0.3) is 0 Å². The van der Waals surface area contributed by atoms with Gasteiger partial charge in [0.15, 0.2) is 5.82 Å². The number of aryl methyl sites for hydroxylation is 1. The Labute approximate surface area is 466 Å². The Morgan fingerprint density at radius 2 is 0.938 bits per heavy atom. The summed E-state index contributed by atoms with van der Waals surface area (Å²) in [4.78, 5) is 135. The second kappa shape index (κ2) is 24.8. The molecule has 6 amide bonds. The molecule has 414 valence electrons. The summed E-state index contributed by atoms with van der Waals surface area (Å²) in [5, 5.41) is 16.3. The number of benzene rings is 3. The third-order valence-corrected chi connectivity index (χ3v) is 15.1. The first-order chi connectivity index (χ1) is 39.3. The zero-order chi connectivity index (χ0) is 56.6. The third-order valence-electron chi connectivity index (χ3n) is 15.1. The number of carbonyl (C=O) groups is 9. The molecule has 0 unspecified atom stereocenters. The van der Waals surface area contributed by atoms with Crippen molar-refractivity contribution >= 4 is 70.1 Å². The van der Waals surface area contributed by atoms with Crippen LogP contribution in [-0.2, 0) is 56.0 Å². The number of rotatable bonds is 17. The maximum atomic E-state index is 13.1. The van der Waals surface area contributed by atoms with Gasteiger partial charge in [-0.25, -0.2) is 19.9 Å². The van der Waals surface area contributed by atoms with E-state index in [1.807, 2.05) is 97.9 Å². The molecule has 0 bridgehead atoms. The van der Waals surface area contributed by atoms with Gasteiger partial charge >= 0.3 is 0 Å². The van der Waals surface area contributed by atoms with Gasteiger partial charge < -0.3 is 20.9 Å². The summed E-state index contributed by atoms with van der Waals surface area (Å²) >= 11 is 0. The van der Waals surface area contributed by atoms with Crippen LogP contribution in [0.1, 0.15) is 66.8 Å². The van der Waals surface area contributed by atoms with Crippen LogP contribution in [0.15, 0.2) is 140 Å². The lowest BCUT2D eigenvalue weighted by Gasteiger charge is -2.15. The van der Waals surface area contributed by atoms with Crippen molar-refractivity contribution in [1.29, 1.82) is 0 Å². The van der Waals surface area contributed by atoms with Crippen molar-refractivity contribution < 1.29 is 43.2 Å². The standard InChI is InChI=1S/C21H22N4O3.C20H20N4O3.C19H18N4O3/c1-13-7-10-18(24-23-13)25-12-17(19(26)20(27)22-15-8-9-15)16(21(25)28)11-14-5-3-2-4-6-14;25-18(19(26)23-14-6-7-14)16-11-24(17-8-9-21-12-22-17)20(27)15(16)10-13-4-2-1-3-5-13;24-17(18(25)22-13-6-7-13)15-10-23(14-8-20-11-21-9-14)19(26)16(15)12-4-2-1-3-5-12/h2-7,10,15-17H,8-9,11-12H2,1H3,(H,22,27);1-5,8-9,12,14-16H,6-7,10-11H2,(H,23,26);1-5,8-9,11,13,15-16H,6-7,10H2,(H,22,25)/t16-,17+;2*15-,16+/m110/s1. The van der Waals surface area contributed by atoms with Crippen molar-refractivity contribution in [2.75, 3.05) is 34.3 Å². The number of nitrogens with one attached hydrogen (secondary N) is 3. The number of Topliss-reactive ketones (excluding diaryl/α,β-unsaturated/α-hetero) is 3. The predicted molar refractivity (Wildman–Crippen MR) is 293 cm³/mol. The van der Waals surface area contributed by atoms with Crippen molar-refractivity contribution in [2.24, 2.45) is 29.6 Å². The summed E-state index contributed by atoms with van der Waals surface area (Å²) in [6, 6.07) is 33.6. The lowest BCUT2D eigenvalue weighted by molar-refractivity contribution is -0.141. The summed E-state index contributed by atoms with van der Waals surface area (Å²) in [5.41, 5.74) is 3.91. The highest BCUT2D eigenvalue weighted by Crippen LogP contribution is 2.38. The van der Waals surface area contributed by atoms with Gasteiger partial charge in [0.05, 0.1) is 59.3 Å². The van der Waals surface area contributed by atoms with Crippen LogP contribution in [0.4, 0.5) is 17.3 Å². The monoisotopic (exact) mass is 1090 g/mol. The molecule has 3 saturated carbocycles. The summed E-state index contributed by atoms with van der Waals surface area (Å²) in [5.74, 6) is -7.09. The van der Waals surface area contributed by atoms with Gasteiger partial charge in [-0.05, 0) is 93.2 Å². The highest BCUT2D eigenvalue weighted by molar-refractivity contribution is 6.39. The van der Waals surface area contributed by atoms with Crippen molar-refractivity contribution in [3.63, 3.8) is 0 Å². The van der Waals surface area contributed by atoms with E-state index in [0.717, 1.165) is 60.9 Å². The van der Waals surface area contributed by atoms with Crippen LogP contribution in [0, 0.1) is 36.5 Å². The molecule has 6 aliphatic rings. The molecule has 6 atom stereocenters. The molecule has 3 saturated heterocycles. The Morgan fingerprint density at radius 1 is 0.481 bits per heavy atom.